The molecule has 2 rings (SSSR count). The van der Waals surface area contributed by atoms with Crippen LogP contribution in [0.25, 0.3) is 0 Å². The molecule has 0 atom stereocenters. The number of carbonyl (C=O) groups excluding carboxylic acids is 1. The van der Waals surface area contributed by atoms with Crippen molar-refractivity contribution in [3.05, 3.63) is 68.7 Å². The summed E-state index contributed by atoms with van der Waals surface area (Å²) in [5.74, 6) is -1.88. The van der Waals surface area contributed by atoms with Gasteiger partial charge in [-0.1, -0.05) is 28.8 Å². The molecule has 0 fully saturated rings. The largest absolute Gasteiger partial charge is 0.507 e. The van der Waals surface area contributed by atoms with Crippen LogP contribution in [0.2, 0.25) is 10.0 Å². The predicted octanol–water partition coefficient (Wildman–Crippen LogP) is 5.34. The fraction of sp³-hybridized carbons (Fsp3) is 0.238. The summed E-state index contributed by atoms with van der Waals surface area (Å²) in [6.45, 7) is 5.71. The lowest BCUT2D eigenvalue weighted by Crippen LogP contribution is -2.14. The topological polar surface area (TPSA) is 83.8 Å². The number of aromatic hydroxyl groups is 1. The highest BCUT2D eigenvalue weighted by Gasteiger charge is 2.25. The SMILES string of the molecule is C=C(C)CCc1c(OC)cc(O)c(C(=O)O)c1CC(=O)c1ccc(Cl)cc1Cl. The highest BCUT2D eigenvalue weighted by atomic mass is 35.5. The van der Waals surface area contributed by atoms with Crippen LogP contribution in [0.15, 0.2) is 36.4 Å². The number of ether oxygens (including phenoxy) is 1. The number of rotatable bonds is 8. The van der Waals surface area contributed by atoms with E-state index < -0.39 is 17.5 Å². The molecule has 2 aromatic carbocycles. The van der Waals surface area contributed by atoms with Crippen LogP contribution >= 0.6 is 23.2 Å². The zero-order chi connectivity index (χ0) is 21.0. The molecular weight excluding hydrogens is 403 g/mol. The Morgan fingerprint density at radius 1 is 1.18 bits per heavy atom. The summed E-state index contributed by atoms with van der Waals surface area (Å²) in [5.41, 5.74) is 1.53. The van der Waals surface area contributed by atoms with Gasteiger partial charge in [-0.05, 0) is 49.1 Å². The lowest BCUT2D eigenvalue weighted by molar-refractivity contribution is 0.0692. The van der Waals surface area contributed by atoms with Crippen molar-refractivity contribution < 1.29 is 24.5 Å². The van der Waals surface area contributed by atoms with Gasteiger partial charge in [-0.2, -0.15) is 0 Å². The standard InChI is InChI=1S/C21H20Cl2O5/c1-11(2)4-6-13-15(20(21(26)27)18(25)10-19(13)28-3)9-17(24)14-7-5-12(22)8-16(14)23/h5,7-8,10,25H,1,4,6,9H2,2-3H3,(H,26,27). The third-order valence-corrected chi connectivity index (χ3v) is 4.84. The fourth-order valence-electron chi connectivity index (χ4n) is 2.94. The maximum absolute atomic E-state index is 12.9. The van der Waals surface area contributed by atoms with Crippen molar-refractivity contribution in [1.82, 2.24) is 0 Å². The zero-order valence-electron chi connectivity index (χ0n) is 15.5. The van der Waals surface area contributed by atoms with Crippen molar-refractivity contribution in [2.45, 2.75) is 26.2 Å². The minimum Gasteiger partial charge on any atom is -0.507 e. The molecule has 0 aliphatic carbocycles. The molecule has 2 N–H and O–H groups in total. The van der Waals surface area contributed by atoms with E-state index >= 15 is 0 Å². The molecule has 0 saturated carbocycles. The van der Waals surface area contributed by atoms with Crippen molar-refractivity contribution in [1.29, 1.82) is 0 Å². The van der Waals surface area contributed by atoms with Crippen LogP contribution < -0.4 is 4.74 Å². The Balaban J connectivity index is 2.60. The Bertz CT molecular complexity index is 950. The molecule has 0 spiro atoms. The van der Waals surface area contributed by atoms with E-state index in [9.17, 15) is 19.8 Å². The summed E-state index contributed by atoms with van der Waals surface area (Å²) in [5, 5.41) is 20.4. The van der Waals surface area contributed by atoms with Gasteiger partial charge < -0.3 is 14.9 Å². The number of aromatic carboxylic acids is 1. The number of hydrogen-bond donors (Lipinski definition) is 2. The number of carboxylic acid groups (broad SMARTS) is 1. The first-order valence-corrected chi connectivity index (χ1v) is 9.18. The number of Topliss-reactive ketones (excluding diaryl/α,β-unsaturated/α-hetero) is 1. The Labute approximate surface area is 173 Å². The third-order valence-electron chi connectivity index (χ3n) is 4.29. The Hall–Kier alpha value is -2.50. The van der Waals surface area contributed by atoms with Crippen LogP contribution in [0, 0.1) is 0 Å². The van der Waals surface area contributed by atoms with Gasteiger partial charge in [0.15, 0.2) is 5.78 Å². The number of methoxy groups -OCH3 is 1. The van der Waals surface area contributed by atoms with Crippen LogP contribution in [0.3, 0.4) is 0 Å². The van der Waals surface area contributed by atoms with Gasteiger partial charge in [0.2, 0.25) is 0 Å². The lowest BCUT2D eigenvalue weighted by atomic mass is 9.90. The van der Waals surface area contributed by atoms with E-state index in [4.69, 9.17) is 27.9 Å². The number of ketones is 1. The number of benzene rings is 2. The van der Waals surface area contributed by atoms with Crippen molar-refractivity contribution in [3.63, 3.8) is 0 Å². The first kappa shape index (κ1) is 21.8. The van der Waals surface area contributed by atoms with E-state index in [2.05, 4.69) is 6.58 Å². The third kappa shape index (κ3) is 4.86. The summed E-state index contributed by atoms with van der Waals surface area (Å²) < 4.78 is 5.32. The normalized spacial score (nSPS) is 10.6. The Morgan fingerprint density at radius 3 is 2.39 bits per heavy atom. The van der Waals surface area contributed by atoms with Crippen molar-refractivity contribution in [2.24, 2.45) is 0 Å². The smallest absolute Gasteiger partial charge is 0.339 e. The molecule has 2 aromatic rings. The molecule has 5 nitrogen and oxygen atoms in total. The highest BCUT2D eigenvalue weighted by molar-refractivity contribution is 6.36. The number of carbonyl (C=O) groups is 2. The van der Waals surface area contributed by atoms with E-state index in [1.165, 1.54) is 31.4 Å². The lowest BCUT2D eigenvalue weighted by Gasteiger charge is -2.18. The van der Waals surface area contributed by atoms with Gasteiger partial charge in [-0.3, -0.25) is 4.79 Å². The van der Waals surface area contributed by atoms with Crippen molar-refractivity contribution in [2.75, 3.05) is 7.11 Å². The van der Waals surface area contributed by atoms with Gasteiger partial charge in [0.05, 0.1) is 12.1 Å². The molecule has 148 valence electrons. The predicted molar refractivity (Wildman–Crippen MR) is 109 cm³/mol. The van der Waals surface area contributed by atoms with Crippen LogP contribution in [-0.2, 0) is 12.8 Å². The summed E-state index contributed by atoms with van der Waals surface area (Å²) >= 11 is 12.0. The van der Waals surface area contributed by atoms with Crippen molar-refractivity contribution >= 4 is 35.0 Å². The van der Waals surface area contributed by atoms with E-state index in [-0.39, 0.29) is 28.1 Å². The van der Waals surface area contributed by atoms with Crippen LogP contribution in [0.4, 0.5) is 0 Å². The molecule has 0 bridgehead atoms. The van der Waals surface area contributed by atoms with E-state index in [1.54, 1.807) is 0 Å². The second-order valence-electron chi connectivity index (χ2n) is 6.42. The minimum atomic E-state index is -1.33. The maximum atomic E-state index is 12.9. The average Bonchev–Trinajstić information content (AvgIpc) is 2.59. The zero-order valence-corrected chi connectivity index (χ0v) is 17.0. The Kier molecular flexibility index (Phi) is 7.11. The molecule has 0 amide bonds. The first-order valence-electron chi connectivity index (χ1n) is 8.43. The van der Waals surface area contributed by atoms with Gasteiger partial charge in [0.1, 0.15) is 17.1 Å². The quantitative estimate of drug-likeness (QED) is 0.442. The molecule has 28 heavy (non-hydrogen) atoms. The molecule has 0 aliphatic rings. The fourth-order valence-corrected chi connectivity index (χ4v) is 3.45. The number of halogens is 2. The first-order chi connectivity index (χ1) is 13.1. The Morgan fingerprint density at radius 2 is 1.86 bits per heavy atom. The van der Waals surface area contributed by atoms with Crippen LogP contribution in [-0.4, -0.2) is 29.1 Å². The molecule has 0 heterocycles. The van der Waals surface area contributed by atoms with E-state index in [0.717, 1.165) is 5.57 Å². The number of carboxylic acids is 1. The minimum absolute atomic E-state index is 0.171. The van der Waals surface area contributed by atoms with E-state index in [1.807, 2.05) is 6.92 Å². The maximum Gasteiger partial charge on any atom is 0.339 e. The highest BCUT2D eigenvalue weighted by Crippen LogP contribution is 2.36. The summed E-state index contributed by atoms with van der Waals surface area (Å²) in [4.78, 5) is 24.7. The number of allylic oxidation sites excluding steroid dienone is 1. The monoisotopic (exact) mass is 422 g/mol. The second-order valence-corrected chi connectivity index (χ2v) is 7.26. The molecule has 0 aliphatic heterocycles. The molecule has 0 saturated heterocycles. The van der Waals surface area contributed by atoms with Gasteiger partial charge in [-0.15, -0.1) is 6.58 Å². The average molecular weight is 423 g/mol. The molecule has 0 radical (unpaired) electrons. The molecule has 0 aromatic heterocycles. The molecule has 0 unspecified atom stereocenters. The summed E-state index contributed by atoms with van der Waals surface area (Å²) in [7, 11) is 1.42. The summed E-state index contributed by atoms with van der Waals surface area (Å²) in [6, 6.07) is 5.71. The number of hydrogen-bond acceptors (Lipinski definition) is 4. The van der Waals surface area contributed by atoms with Gasteiger partial charge in [0, 0.05) is 23.1 Å². The van der Waals surface area contributed by atoms with E-state index in [0.29, 0.717) is 29.2 Å². The van der Waals surface area contributed by atoms with Crippen molar-refractivity contribution in [3.8, 4) is 11.5 Å². The van der Waals surface area contributed by atoms with Gasteiger partial charge in [-0.25, -0.2) is 4.79 Å². The van der Waals surface area contributed by atoms with Gasteiger partial charge in [0.25, 0.3) is 0 Å². The van der Waals surface area contributed by atoms with Crippen LogP contribution in [0.5, 0.6) is 11.5 Å². The number of phenols is 1. The second kappa shape index (κ2) is 9.13. The molecular formula is C21H20Cl2O5. The summed E-state index contributed by atoms with van der Waals surface area (Å²) in [6.07, 6.45) is 0.721. The van der Waals surface area contributed by atoms with Gasteiger partial charge >= 0.3 is 5.97 Å². The van der Waals surface area contributed by atoms with Crippen LogP contribution in [0.1, 0.15) is 45.2 Å². The molecule has 7 heteroatoms.